The van der Waals surface area contributed by atoms with Crippen molar-refractivity contribution >= 4 is 5.97 Å². The number of ether oxygens (including phenoxy) is 1. The normalized spacial score (nSPS) is 11.1. The molecule has 0 N–H and O–H groups in total. The lowest BCUT2D eigenvalue weighted by Crippen LogP contribution is -2.14. The molecule has 8 heteroatoms. The third-order valence-electron chi connectivity index (χ3n) is 2.89. The fraction of sp³-hybridized carbons (Fsp3) is 0.583. The summed E-state index contributed by atoms with van der Waals surface area (Å²) in [6.07, 6.45) is 1.62. The van der Waals surface area contributed by atoms with Gasteiger partial charge in [-0.3, -0.25) is 0 Å². The lowest BCUT2D eigenvalue weighted by atomic mass is 10.1. The first-order valence-corrected chi connectivity index (χ1v) is 6.48. The van der Waals surface area contributed by atoms with Crippen molar-refractivity contribution in [3.63, 3.8) is 0 Å². The first-order valence-electron chi connectivity index (χ1n) is 6.48. The number of nitrogens with zero attached hydrogens (tertiary/aromatic N) is 6. The molecule has 20 heavy (non-hydrogen) atoms. The topological polar surface area (TPSA) is 87.7 Å². The quantitative estimate of drug-likeness (QED) is 0.750. The summed E-state index contributed by atoms with van der Waals surface area (Å²) < 4.78 is 8.47. The number of rotatable bonds is 5. The minimum Gasteiger partial charge on any atom is -0.461 e. The average molecular weight is 278 g/mol. The van der Waals surface area contributed by atoms with Crippen molar-refractivity contribution in [2.45, 2.75) is 33.2 Å². The smallest absolute Gasteiger partial charge is 0.360 e. The predicted molar refractivity (Wildman–Crippen MR) is 70.2 cm³/mol. The molecule has 2 rings (SSSR count). The van der Waals surface area contributed by atoms with Gasteiger partial charge in [-0.1, -0.05) is 19.1 Å². The number of esters is 1. The Morgan fingerprint density at radius 2 is 2.15 bits per heavy atom. The minimum absolute atomic E-state index is 0.0950. The maximum Gasteiger partial charge on any atom is 0.360 e. The Kier molecular flexibility index (Phi) is 4.11. The third-order valence-corrected chi connectivity index (χ3v) is 2.89. The molecular weight excluding hydrogens is 260 g/mol. The number of hydrogen-bond donors (Lipinski definition) is 0. The monoisotopic (exact) mass is 278 g/mol. The van der Waals surface area contributed by atoms with Gasteiger partial charge in [-0.25, -0.2) is 9.48 Å². The highest BCUT2D eigenvalue weighted by Gasteiger charge is 2.23. The van der Waals surface area contributed by atoms with Crippen molar-refractivity contribution in [2.24, 2.45) is 7.05 Å². The van der Waals surface area contributed by atoms with E-state index in [-0.39, 0.29) is 11.6 Å². The second-order valence-electron chi connectivity index (χ2n) is 4.71. The van der Waals surface area contributed by atoms with Crippen molar-refractivity contribution < 1.29 is 9.53 Å². The zero-order chi connectivity index (χ0) is 14.7. The summed E-state index contributed by atoms with van der Waals surface area (Å²) in [5.41, 5.74) is 1.01. The van der Waals surface area contributed by atoms with Crippen LogP contribution in [0.2, 0.25) is 0 Å². The molecule has 8 nitrogen and oxygen atoms in total. The molecule has 2 aromatic rings. The van der Waals surface area contributed by atoms with Crippen LogP contribution >= 0.6 is 0 Å². The average Bonchev–Trinajstić information content (AvgIpc) is 2.97. The van der Waals surface area contributed by atoms with Gasteiger partial charge in [-0.05, 0) is 12.8 Å². The van der Waals surface area contributed by atoms with E-state index in [1.165, 1.54) is 0 Å². The largest absolute Gasteiger partial charge is 0.461 e. The van der Waals surface area contributed by atoms with Crippen LogP contribution in [0.5, 0.6) is 0 Å². The van der Waals surface area contributed by atoms with E-state index in [1.54, 1.807) is 22.5 Å². The summed E-state index contributed by atoms with van der Waals surface area (Å²) in [7, 11) is 1.85. The van der Waals surface area contributed by atoms with E-state index >= 15 is 0 Å². The highest BCUT2D eigenvalue weighted by Crippen LogP contribution is 2.19. The van der Waals surface area contributed by atoms with Crippen LogP contribution < -0.4 is 0 Å². The van der Waals surface area contributed by atoms with Gasteiger partial charge >= 0.3 is 5.97 Å². The summed E-state index contributed by atoms with van der Waals surface area (Å²) in [6, 6.07) is 0. The number of carbonyl (C=O) groups is 1. The van der Waals surface area contributed by atoms with Gasteiger partial charge in [-0.15, -0.1) is 15.3 Å². The summed E-state index contributed by atoms with van der Waals surface area (Å²) in [6.45, 7) is 6.45. The summed E-state index contributed by atoms with van der Waals surface area (Å²) in [5.74, 6) is 0.394. The first-order chi connectivity index (χ1) is 9.54. The molecule has 0 fully saturated rings. The van der Waals surface area contributed by atoms with Gasteiger partial charge in [0.2, 0.25) is 0 Å². The number of carbonyl (C=O) groups excluding carboxylic acids is 1. The van der Waals surface area contributed by atoms with Crippen LogP contribution in [0.15, 0.2) is 6.33 Å². The third kappa shape index (κ3) is 2.68. The van der Waals surface area contributed by atoms with E-state index in [0.717, 1.165) is 11.5 Å². The molecule has 0 atom stereocenters. The molecule has 0 saturated carbocycles. The second-order valence-corrected chi connectivity index (χ2v) is 4.71. The summed E-state index contributed by atoms with van der Waals surface area (Å²) in [4.78, 5) is 11.9. The van der Waals surface area contributed by atoms with E-state index in [1.807, 2.05) is 20.9 Å². The Labute approximate surface area is 116 Å². The Hall–Kier alpha value is -2.25. The Morgan fingerprint density at radius 1 is 1.40 bits per heavy atom. The number of aromatic nitrogens is 6. The summed E-state index contributed by atoms with van der Waals surface area (Å²) in [5, 5.41) is 15.8. The van der Waals surface area contributed by atoms with Crippen molar-refractivity contribution in [2.75, 3.05) is 6.61 Å². The molecular formula is C12H18N6O2. The van der Waals surface area contributed by atoms with Crippen LogP contribution in [0.3, 0.4) is 0 Å². The van der Waals surface area contributed by atoms with Crippen LogP contribution in [0, 0.1) is 0 Å². The molecule has 108 valence electrons. The van der Waals surface area contributed by atoms with Gasteiger partial charge in [0.25, 0.3) is 0 Å². The Balaban J connectivity index is 2.34. The Bertz CT molecular complexity index is 601. The molecule has 0 saturated heterocycles. The zero-order valence-electron chi connectivity index (χ0n) is 12.1. The maximum atomic E-state index is 11.9. The molecule has 0 spiro atoms. The zero-order valence-corrected chi connectivity index (χ0v) is 12.1. The molecule has 0 aliphatic heterocycles. The summed E-state index contributed by atoms with van der Waals surface area (Å²) >= 11 is 0. The molecule has 0 aliphatic rings. The number of aryl methyl sites for hydroxylation is 1. The molecule has 0 unspecified atom stereocenters. The maximum absolute atomic E-state index is 11.9. The van der Waals surface area contributed by atoms with E-state index < -0.39 is 5.97 Å². The van der Waals surface area contributed by atoms with Gasteiger partial charge in [0.15, 0.2) is 11.5 Å². The highest BCUT2D eigenvalue weighted by molar-refractivity contribution is 5.88. The predicted octanol–water partition coefficient (Wildman–Crippen LogP) is 0.755. The molecule has 2 aromatic heterocycles. The van der Waals surface area contributed by atoms with E-state index in [9.17, 15) is 4.79 Å². The van der Waals surface area contributed by atoms with Gasteiger partial charge in [-0.2, -0.15) is 0 Å². The lowest BCUT2D eigenvalue weighted by Gasteiger charge is -2.10. The van der Waals surface area contributed by atoms with Gasteiger partial charge in [0.1, 0.15) is 12.9 Å². The molecule has 2 heterocycles. The van der Waals surface area contributed by atoms with Crippen molar-refractivity contribution in [1.82, 2.24) is 29.8 Å². The van der Waals surface area contributed by atoms with Crippen LogP contribution in [0.1, 0.15) is 48.7 Å². The van der Waals surface area contributed by atoms with Crippen molar-refractivity contribution in [3.05, 3.63) is 23.5 Å². The molecule has 0 aliphatic carbocycles. The van der Waals surface area contributed by atoms with E-state index in [2.05, 4.69) is 20.5 Å². The number of hydrogen-bond acceptors (Lipinski definition) is 6. The molecule has 0 radical (unpaired) electrons. The van der Waals surface area contributed by atoms with Gasteiger partial charge in [0, 0.05) is 7.05 Å². The van der Waals surface area contributed by atoms with Gasteiger partial charge in [0.05, 0.1) is 12.3 Å². The van der Waals surface area contributed by atoms with Crippen molar-refractivity contribution in [3.8, 4) is 0 Å². The van der Waals surface area contributed by atoms with Crippen molar-refractivity contribution in [1.29, 1.82) is 0 Å². The molecule has 0 aromatic carbocycles. The SMILES string of the molecule is CCOC(=O)c1nnn(Cc2nncn2C)c1C(C)C. The molecule has 0 bridgehead atoms. The molecule has 0 amide bonds. The van der Waals surface area contributed by atoms with Crippen LogP contribution in [0.4, 0.5) is 0 Å². The first kappa shape index (κ1) is 14.2. The van der Waals surface area contributed by atoms with Crippen LogP contribution in [-0.4, -0.2) is 42.3 Å². The van der Waals surface area contributed by atoms with E-state index in [0.29, 0.717) is 13.2 Å². The fourth-order valence-electron chi connectivity index (χ4n) is 1.94. The van der Waals surface area contributed by atoms with Crippen LogP contribution in [-0.2, 0) is 18.3 Å². The van der Waals surface area contributed by atoms with E-state index in [4.69, 9.17) is 4.74 Å². The minimum atomic E-state index is -0.444. The lowest BCUT2D eigenvalue weighted by molar-refractivity contribution is 0.0517. The Morgan fingerprint density at radius 3 is 2.70 bits per heavy atom. The standard InChI is InChI=1S/C12H18N6O2/c1-5-20-12(19)10-11(8(2)3)18(16-15-10)6-9-14-13-7-17(9)4/h7-8H,5-6H2,1-4H3. The van der Waals surface area contributed by atoms with Gasteiger partial charge < -0.3 is 9.30 Å². The van der Waals surface area contributed by atoms with Crippen LogP contribution in [0.25, 0.3) is 0 Å². The second kappa shape index (κ2) is 5.81. The highest BCUT2D eigenvalue weighted by atomic mass is 16.5. The fourth-order valence-corrected chi connectivity index (χ4v) is 1.94.